The minimum absolute atomic E-state index is 0.0372. The Hall–Kier alpha value is -1.07. The largest absolute Gasteiger partial charge is 0.392 e. The number of halogens is 1. The first-order valence-electron chi connectivity index (χ1n) is 6.51. The van der Waals surface area contributed by atoms with Crippen molar-refractivity contribution in [2.75, 3.05) is 31.1 Å². The molecule has 1 heterocycles. The molecule has 0 aromatic heterocycles. The van der Waals surface area contributed by atoms with Gasteiger partial charge in [0, 0.05) is 48.8 Å². The van der Waals surface area contributed by atoms with Crippen LogP contribution in [0.25, 0.3) is 0 Å². The number of benzene rings is 1. The zero-order valence-corrected chi connectivity index (χ0v) is 12.7. The van der Waals surface area contributed by atoms with Gasteiger partial charge in [-0.3, -0.25) is 4.79 Å². The summed E-state index contributed by atoms with van der Waals surface area (Å²) >= 11 is 3.47. The van der Waals surface area contributed by atoms with E-state index in [1.807, 2.05) is 23.1 Å². The van der Waals surface area contributed by atoms with E-state index in [1.165, 1.54) is 0 Å². The van der Waals surface area contributed by atoms with E-state index in [4.69, 9.17) is 0 Å². The second-order valence-corrected chi connectivity index (χ2v) is 5.69. The van der Waals surface area contributed by atoms with E-state index in [1.54, 1.807) is 6.92 Å². The van der Waals surface area contributed by atoms with Gasteiger partial charge in [-0.15, -0.1) is 0 Å². The lowest BCUT2D eigenvalue weighted by Gasteiger charge is -2.25. The van der Waals surface area contributed by atoms with Gasteiger partial charge < -0.3 is 14.9 Å². The zero-order valence-electron chi connectivity index (χ0n) is 11.1. The predicted molar refractivity (Wildman–Crippen MR) is 79.1 cm³/mol. The van der Waals surface area contributed by atoms with Crippen LogP contribution in [-0.2, 0) is 11.4 Å². The van der Waals surface area contributed by atoms with Gasteiger partial charge >= 0.3 is 0 Å². The Morgan fingerprint density at radius 1 is 1.32 bits per heavy atom. The molecule has 1 amide bonds. The summed E-state index contributed by atoms with van der Waals surface area (Å²) in [6.07, 6.45) is 0.955. The molecule has 19 heavy (non-hydrogen) atoms. The van der Waals surface area contributed by atoms with E-state index >= 15 is 0 Å². The molecule has 1 saturated heterocycles. The molecule has 1 aromatic carbocycles. The normalized spacial score (nSPS) is 16.4. The summed E-state index contributed by atoms with van der Waals surface area (Å²) in [5, 5.41) is 9.44. The molecular formula is C14H19BrN2O2. The van der Waals surface area contributed by atoms with Gasteiger partial charge in [0.15, 0.2) is 0 Å². The highest BCUT2D eigenvalue weighted by molar-refractivity contribution is 9.10. The second kappa shape index (κ2) is 6.39. The van der Waals surface area contributed by atoms with Crippen LogP contribution in [0.5, 0.6) is 0 Å². The Morgan fingerprint density at radius 3 is 2.79 bits per heavy atom. The van der Waals surface area contributed by atoms with Crippen molar-refractivity contribution in [2.45, 2.75) is 20.0 Å². The van der Waals surface area contributed by atoms with Crippen LogP contribution in [0.2, 0.25) is 0 Å². The molecule has 104 valence electrons. The van der Waals surface area contributed by atoms with Crippen LogP contribution in [0.15, 0.2) is 22.7 Å². The van der Waals surface area contributed by atoms with E-state index in [-0.39, 0.29) is 12.5 Å². The molecule has 5 heteroatoms. The van der Waals surface area contributed by atoms with Crippen molar-refractivity contribution in [3.05, 3.63) is 28.2 Å². The average molecular weight is 327 g/mol. The number of nitrogens with zero attached hydrogens (tertiary/aromatic N) is 2. The number of anilines is 1. The number of aliphatic hydroxyl groups is 1. The lowest BCUT2D eigenvalue weighted by atomic mass is 10.1. The number of rotatable bonds is 2. The van der Waals surface area contributed by atoms with Crippen molar-refractivity contribution < 1.29 is 9.90 Å². The van der Waals surface area contributed by atoms with Crippen LogP contribution in [0.4, 0.5) is 5.69 Å². The van der Waals surface area contributed by atoms with Gasteiger partial charge in [0.25, 0.3) is 0 Å². The predicted octanol–water partition coefficient (Wildman–Crippen LogP) is 2.00. The maximum absolute atomic E-state index is 11.4. The molecule has 0 radical (unpaired) electrons. The molecule has 2 rings (SSSR count). The maximum atomic E-state index is 11.4. The standard InChI is InChI=1S/C14H19BrN2O2/c1-11(19)16-5-2-6-17(8-7-16)14-9-13(15)4-3-12(14)10-18/h3-4,9,18H,2,5-8,10H2,1H3. The average Bonchev–Trinajstić information content (AvgIpc) is 2.64. The minimum Gasteiger partial charge on any atom is -0.392 e. The van der Waals surface area contributed by atoms with E-state index in [9.17, 15) is 9.90 Å². The number of hydrogen-bond acceptors (Lipinski definition) is 3. The zero-order chi connectivity index (χ0) is 13.8. The first-order valence-corrected chi connectivity index (χ1v) is 7.31. The molecule has 0 bridgehead atoms. The molecule has 1 fully saturated rings. The molecule has 0 aliphatic carbocycles. The molecule has 1 aliphatic rings. The molecule has 0 spiro atoms. The van der Waals surface area contributed by atoms with Gasteiger partial charge in [-0.1, -0.05) is 22.0 Å². The van der Waals surface area contributed by atoms with E-state index in [2.05, 4.69) is 20.8 Å². The number of aliphatic hydroxyl groups excluding tert-OH is 1. The van der Waals surface area contributed by atoms with Gasteiger partial charge in [0.05, 0.1) is 6.61 Å². The van der Waals surface area contributed by atoms with Crippen LogP contribution in [0.1, 0.15) is 18.9 Å². The fraction of sp³-hybridized carbons (Fsp3) is 0.500. The second-order valence-electron chi connectivity index (χ2n) is 4.78. The fourth-order valence-electron chi connectivity index (χ4n) is 2.44. The Kier molecular flexibility index (Phi) is 4.82. The number of amides is 1. The SMILES string of the molecule is CC(=O)N1CCCN(c2cc(Br)ccc2CO)CC1. The number of hydrogen-bond donors (Lipinski definition) is 1. The van der Waals surface area contributed by atoms with Crippen molar-refractivity contribution in [1.29, 1.82) is 0 Å². The molecule has 1 N–H and O–H groups in total. The highest BCUT2D eigenvalue weighted by Gasteiger charge is 2.18. The molecule has 1 aliphatic heterocycles. The first-order chi connectivity index (χ1) is 9.11. The van der Waals surface area contributed by atoms with Crippen molar-refractivity contribution >= 4 is 27.5 Å². The van der Waals surface area contributed by atoms with Crippen molar-refractivity contribution in [3.8, 4) is 0 Å². The highest BCUT2D eigenvalue weighted by atomic mass is 79.9. The van der Waals surface area contributed by atoms with E-state index < -0.39 is 0 Å². The molecular weight excluding hydrogens is 308 g/mol. The fourth-order valence-corrected chi connectivity index (χ4v) is 2.79. The number of carbonyl (C=O) groups is 1. The van der Waals surface area contributed by atoms with E-state index in [0.29, 0.717) is 0 Å². The summed E-state index contributed by atoms with van der Waals surface area (Å²) in [6.45, 7) is 4.93. The van der Waals surface area contributed by atoms with Gasteiger partial charge in [0.1, 0.15) is 0 Å². The van der Waals surface area contributed by atoms with Gasteiger partial charge in [0.2, 0.25) is 5.91 Å². The lowest BCUT2D eigenvalue weighted by molar-refractivity contribution is -0.128. The van der Waals surface area contributed by atoms with Gasteiger partial charge in [-0.25, -0.2) is 0 Å². The third-order valence-corrected chi connectivity index (χ3v) is 3.99. The molecule has 1 aromatic rings. The summed E-state index contributed by atoms with van der Waals surface area (Å²) in [5.74, 6) is 0.137. The van der Waals surface area contributed by atoms with Crippen LogP contribution >= 0.6 is 15.9 Å². The monoisotopic (exact) mass is 326 g/mol. The third-order valence-electron chi connectivity index (χ3n) is 3.50. The van der Waals surface area contributed by atoms with Crippen LogP contribution in [-0.4, -0.2) is 42.1 Å². The molecule has 0 saturated carbocycles. The third kappa shape index (κ3) is 3.48. The summed E-state index contributed by atoms with van der Waals surface area (Å²) < 4.78 is 1.01. The van der Waals surface area contributed by atoms with Gasteiger partial charge in [-0.2, -0.15) is 0 Å². The molecule has 0 unspecified atom stereocenters. The number of carbonyl (C=O) groups excluding carboxylic acids is 1. The first kappa shape index (κ1) is 14.3. The van der Waals surface area contributed by atoms with E-state index in [0.717, 1.165) is 48.3 Å². The molecule has 4 nitrogen and oxygen atoms in total. The Balaban J connectivity index is 2.18. The highest BCUT2D eigenvalue weighted by Crippen LogP contribution is 2.26. The Labute approximate surface area is 122 Å². The van der Waals surface area contributed by atoms with Crippen LogP contribution in [0.3, 0.4) is 0 Å². The van der Waals surface area contributed by atoms with Crippen LogP contribution in [0, 0.1) is 0 Å². The maximum Gasteiger partial charge on any atom is 0.219 e. The van der Waals surface area contributed by atoms with Gasteiger partial charge in [-0.05, 0) is 18.6 Å². The summed E-state index contributed by atoms with van der Waals surface area (Å²) in [4.78, 5) is 15.6. The van der Waals surface area contributed by atoms with Crippen molar-refractivity contribution in [3.63, 3.8) is 0 Å². The Morgan fingerprint density at radius 2 is 2.11 bits per heavy atom. The Bertz CT molecular complexity index is 465. The topological polar surface area (TPSA) is 43.8 Å². The lowest BCUT2D eigenvalue weighted by Crippen LogP contribution is -2.33. The van der Waals surface area contributed by atoms with Crippen molar-refractivity contribution in [1.82, 2.24) is 4.90 Å². The summed E-state index contributed by atoms with van der Waals surface area (Å²) in [7, 11) is 0. The quantitative estimate of drug-likeness (QED) is 0.904. The smallest absolute Gasteiger partial charge is 0.219 e. The molecule has 0 atom stereocenters. The van der Waals surface area contributed by atoms with Crippen LogP contribution < -0.4 is 4.90 Å². The minimum atomic E-state index is 0.0372. The summed E-state index contributed by atoms with van der Waals surface area (Å²) in [6, 6.07) is 5.91. The van der Waals surface area contributed by atoms with Crippen molar-refractivity contribution in [2.24, 2.45) is 0 Å². The summed E-state index contributed by atoms with van der Waals surface area (Å²) in [5.41, 5.74) is 1.99.